The summed E-state index contributed by atoms with van der Waals surface area (Å²) in [6.07, 6.45) is 5.34. The average molecular weight is 275 g/mol. The molecule has 0 fully saturated rings. The van der Waals surface area contributed by atoms with Crippen LogP contribution in [0.2, 0.25) is 0 Å². The van der Waals surface area contributed by atoms with Gasteiger partial charge >= 0.3 is 6.09 Å². The van der Waals surface area contributed by atoms with Crippen LogP contribution in [-0.2, 0) is 11.3 Å². The van der Waals surface area contributed by atoms with Crippen molar-refractivity contribution in [2.24, 2.45) is 5.92 Å². The molecule has 4 nitrogen and oxygen atoms in total. The quantitative estimate of drug-likeness (QED) is 0.859. The lowest BCUT2D eigenvalue weighted by atomic mass is 9.89. The summed E-state index contributed by atoms with van der Waals surface area (Å²) >= 11 is 0. The zero-order chi connectivity index (χ0) is 14.4. The van der Waals surface area contributed by atoms with Crippen LogP contribution in [0.3, 0.4) is 0 Å². The number of carbonyl (C=O) groups excluding carboxylic acids is 1. The maximum atomic E-state index is 12.1. The third kappa shape index (κ3) is 3.61. The van der Waals surface area contributed by atoms with Crippen molar-refractivity contribution in [2.75, 3.05) is 13.7 Å². The number of hydrogen-bond donors (Lipinski definition) is 1. The minimum atomic E-state index is -0.340. The summed E-state index contributed by atoms with van der Waals surface area (Å²) in [5, 5.41) is 9.39. The first-order valence-corrected chi connectivity index (χ1v) is 6.91. The minimum absolute atomic E-state index is 0.00766. The first-order chi connectivity index (χ1) is 9.72. The SMILES string of the molecule is CN(C(=O)OCc1ccccc1)[C@H]1CC=CC[C@H]1CO. The Kier molecular flexibility index (Phi) is 5.18. The number of ether oxygens (including phenoxy) is 1. The fourth-order valence-electron chi connectivity index (χ4n) is 2.48. The smallest absolute Gasteiger partial charge is 0.410 e. The Morgan fingerprint density at radius 1 is 1.30 bits per heavy atom. The van der Waals surface area contributed by atoms with Gasteiger partial charge in [-0.25, -0.2) is 4.79 Å². The van der Waals surface area contributed by atoms with Crippen molar-refractivity contribution in [3.8, 4) is 0 Å². The molecule has 1 aliphatic rings. The van der Waals surface area contributed by atoms with Crippen LogP contribution in [0.5, 0.6) is 0 Å². The first kappa shape index (κ1) is 14.6. The molecule has 1 aromatic rings. The van der Waals surface area contributed by atoms with Gasteiger partial charge in [-0.1, -0.05) is 42.5 Å². The standard InChI is InChI=1S/C16H21NO3/c1-17(15-10-6-5-9-14(15)11-18)16(19)20-12-13-7-3-2-4-8-13/h2-8,14-15,18H,9-12H2,1H3/t14-,15-/m0/s1. The van der Waals surface area contributed by atoms with Crippen molar-refractivity contribution < 1.29 is 14.6 Å². The molecule has 0 aromatic heterocycles. The molecule has 1 aliphatic carbocycles. The predicted molar refractivity (Wildman–Crippen MR) is 77.1 cm³/mol. The van der Waals surface area contributed by atoms with Gasteiger partial charge in [0, 0.05) is 25.6 Å². The topological polar surface area (TPSA) is 49.8 Å². The fraction of sp³-hybridized carbons (Fsp3) is 0.438. The highest BCUT2D eigenvalue weighted by Crippen LogP contribution is 2.23. The Balaban J connectivity index is 1.89. The Bertz CT molecular complexity index is 458. The van der Waals surface area contributed by atoms with Crippen molar-refractivity contribution in [3.63, 3.8) is 0 Å². The highest BCUT2D eigenvalue weighted by Gasteiger charge is 2.29. The summed E-state index contributed by atoms with van der Waals surface area (Å²) in [4.78, 5) is 13.7. The highest BCUT2D eigenvalue weighted by molar-refractivity contribution is 5.67. The van der Waals surface area contributed by atoms with E-state index >= 15 is 0 Å². The number of carbonyl (C=O) groups is 1. The summed E-state index contributed by atoms with van der Waals surface area (Å²) in [5.74, 6) is 0.0919. The zero-order valence-corrected chi connectivity index (χ0v) is 11.7. The molecule has 0 spiro atoms. The first-order valence-electron chi connectivity index (χ1n) is 6.91. The molecule has 0 unspecified atom stereocenters. The molecular formula is C16H21NO3. The molecule has 4 heteroatoms. The monoisotopic (exact) mass is 275 g/mol. The number of rotatable bonds is 4. The van der Waals surface area contributed by atoms with Gasteiger partial charge in [0.2, 0.25) is 0 Å². The average Bonchev–Trinajstić information content (AvgIpc) is 2.52. The molecule has 0 saturated carbocycles. The lowest BCUT2D eigenvalue weighted by molar-refractivity contribution is 0.0663. The van der Waals surface area contributed by atoms with E-state index in [1.807, 2.05) is 30.3 Å². The van der Waals surface area contributed by atoms with Gasteiger partial charge in [-0.15, -0.1) is 0 Å². The molecule has 20 heavy (non-hydrogen) atoms. The molecule has 0 bridgehead atoms. The van der Waals surface area contributed by atoms with Crippen LogP contribution in [0.4, 0.5) is 4.79 Å². The predicted octanol–water partition coefficient (Wildman–Crippen LogP) is 2.58. The van der Waals surface area contributed by atoms with Gasteiger partial charge in [-0.2, -0.15) is 0 Å². The minimum Gasteiger partial charge on any atom is -0.445 e. The van der Waals surface area contributed by atoms with E-state index in [0.29, 0.717) is 0 Å². The molecule has 108 valence electrons. The Hall–Kier alpha value is -1.81. The molecule has 1 aromatic carbocycles. The largest absolute Gasteiger partial charge is 0.445 e. The van der Waals surface area contributed by atoms with Gasteiger partial charge in [-0.3, -0.25) is 0 Å². The number of allylic oxidation sites excluding steroid dienone is 1. The second kappa shape index (κ2) is 7.10. The van der Waals surface area contributed by atoms with Crippen molar-refractivity contribution in [1.29, 1.82) is 0 Å². The molecule has 1 N–H and O–H groups in total. The van der Waals surface area contributed by atoms with Gasteiger partial charge in [0.25, 0.3) is 0 Å². The molecule has 0 radical (unpaired) electrons. The van der Waals surface area contributed by atoms with Crippen LogP contribution in [0.25, 0.3) is 0 Å². The van der Waals surface area contributed by atoms with E-state index in [0.717, 1.165) is 18.4 Å². The molecular weight excluding hydrogens is 254 g/mol. The number of nitrogens with zero attached hydrogens (tertiary/aromatic N) is 1. The fourth-order valence-corrected chi connectivity index (χ4v) is 2.48. The number of benzene rings is 1. The van der Waals surface area contributed by atoms with Crippen LogP contribution in [0, 0.1) is 5.92 Å². The van der Waals surface area contributed by atoms with Crippen molar-refractivity contribution in [1.82, 2.24) is 4.90 Å². The van der Waals surface area contributed by atoms with E-state index in [1.54, 1.807) is 11.9 Å². The van der Waals surface area contributed by atoms with Crippen molar-refractivity contribution >= 4 is 6.09 Å². The number of aliphatic hydroxyl groups excluding tert-OH is 1. The highest BCUT2D eigenvalue weighted by atomic mass is 16.6. The molecule has 0 aliphatic heterocycles. The van der Waals surface area contributed by atoms with Gasteiger partial charge in [0.15, 0.2) is 0 Å². The number of amides is 1. The maximum Gasteiger partial charge on any atom is 0.410 e. The van der Waals surface area contributed by atoms with Crippen molar-refractivity contribution in [3.05, 3.63) is 48.0 Å². The van der Waals surface area contributed by atoms with E-state index in [2.05, 4.69) is 12.2 Å². The second-order valence-corrected chi connectivity index (χ2v) is 5.10. The van der Waals surface area contributed by atoms with Crippen LogP contribution in [-0.4, -0.2) is 35.8 Å². The summed E-state index contributed by atoms with van der Waals surface area (Å²) in [7, 11) is 1.74. The van der Waals surface area contributed by atoms with Gasteiger partial charge in [0.05, 0.1) is 0 Å². The van der Waals surface area contributed by atoms with Gasteiger partial charge in [-0.05, 0) is 18.4 Å². The van der Waals surface area contributed by atoms with E-state index < -0.39 is 0 Å². The summed E-state index contributed by atoms with van der Waals surface area (Å²) in [6, 6.07) is 9.62. The lowest BCUT2D eigenvalue weighted by Crippen LogP contribution is -2.44. The summed E-state index contributed by atoms with van der Waals surface area (Å²) in [5.41, 5.74) is 0.969. The normalized spacial score (nSPS) is 21.5. The summed E-state index contributed by atoms with van der Waals surface area (Å²) in [6.45, 7) is 0.363. The Labute approximate surface area is 119 Å². The van der Waals surface area contributed by atoms with E-state index in [9.17, 15) is 9.90 Å². The Morgan fingerprint density at radius 3 is 2.70 bits per heavy atom. The number of aliphatic hydroxyl groups is 1. The van der Waals surface area contributed by atoms with E-state index in [1.165, 1.54) is 0 Å². The molecule has 2 atom stereocenters. The van der Waals surface area contributed by atoms with Gasteiger partial charge < -0.3 is 14.7 Å². The van der Waals surface area contributed by atoms with Crippen LogP contribution < -0.4 is 0 Å². The summed E-state index contributed by atoms with van der Waals surface area (Å²) < 4.78 is 5.32. The number of hydrogen-bond acceptors (Lipinski definition) is 3. The molecule has 2 rings (SSSR count). The third-order valence-corrected chi connectivity index (χ3v) is 3.75. The van der Waals surface area contributed by atoms with E-state index in [4.69, 9.17) is 4.74 Å². The lowest BCUT2D eigenvalue weighted by Gasteiger charge is -2.34. The van der Waals surface area contributed by atoms with Crippen LogP contribution >= 0.6 is 0 Å². The van der Waals surface area contributed by atoms with Crippen molar-refractivity contribution in [2.45, 2.75) is 25.5 Å². The van der Waals surface area contributed by atoms with Gasteiger partial charge in [0.1, 0.15) is 6.61 Å². The van der Waals surface area contributed by atoms with Crippen LogP contribution in [0.1, 0.15) is 18.4 Å². The molecule has 0 saturated heterocycles. The maximum absolute atomic E-state index is 12.1. The molecule has 1 amide bonds. The zero-order valence-electron chi connectivity index (χ0n) is 11.7. The van der Waals surface area contributed by atoms with E-state index in [-0.39, 0.29) is 31.3 Å². The Morgan fingerprint density at radius 2 is 2.00 bits per heavy atom. The third-order valence-electron chi connectivity index (χ3n) is 3.75. The second-order valence-electron chi connectivity index (χ2n) is 5.10. The molecule has 0 heterocycles. The van der Waals surface area contributed by atoms with Crippen LogP contribution in [0.15, 0.2) is 42.5 Å².